The molecule has 0 saturated carbocycles. The van der Waals surface area contributed by atoms with Crippen molar-refractivity contribution >= 4 is 40.9 Å². The van der Waals surface area contributed by atoms with Gasteiger partial charge in [-0.25, -0.2) is 4.79 Å². The van der Waals surface area contributed by atoms with Gasteiger partial charge in [-0.2, -0.15) is 5.26 Å². The Morgan fingerprint density at radius 3 is 2.65 bits per heavy atom. The summed E-state index contributed by atoms with van der Waals surface area (Å²) in [6.07, 6.45) is 1.19. The molecule has 10 heteroatoms. The number of carboxylic acids is 1. The number of carbonyl (C=O) groups excluding carboxylic acids is 1. The number of nitrogens with zero attached hydrogens (tertiary/aromatic N) is 2. The van der Waals surface area contributed by atoms with Gasteiger partial charge in [0, 0.05) is 29.5 Å². The van der Waals surface area contributed by atoms with Crippen LogP contribution in [0.2, 0.25) is 5.02 Å². The molecule has 1 aromatic heterocycles. The highest BCUT2D eigenvalue weighted by molar-refractivity contribution is 6.33. The van der Waals surface area contributed by atoms with Gasteiger partial charge in [-0.1, -0.05) is 17.7 Å². The summed E-state index contributed by atoms with van der Waals surface area (Å²) in [5.41, 5.74) is -0.0105. The van der Waals surface area contributed by atoms with Crippen molar-refractivity contribution in [2.24, 2.45) is 0 Å². The number of aromatic carboxylic acids is 1. The van der Waals surface area contributed by atoms with Gasteiger partial charge in [0.05, 0.1) is 15.5 Å². The van der Waals surface area contributed by atoms with Gasteiger partial charge in [-0.15, -0.1) is 0 Å². The molecule has 0 aliphatic heterocycles. The predicted molar refractivity (Wildman–Crippen MR) is 111 cm³/mol. The zero-order valence-electron chi connectivity index (χ0n) is 15.5. The molecule has 0 aliphatic carbocycles. The Kier molecular flexibility index (Phi) is 6.14. The van der Waals surface area contributed by atoms with Crippen LogP contribution in [-0.4, -0.2) is 21.9 Å². The summed E-state index contributed by atoms with van der Waals surface area (Å²) < 4.78 is 5.58. The van der Waals surface area contributed by atoms with E-state index in [1.807, 2.05) is 0 Å². The second-order valence-corrected chi connectivity index (χ2v) is 6.54. The molecule has 0 unspecified atom stereocenters. The summed E-state index contributed by atoms with van der Waals surface area (Å²) in [5.74, 6) is -1.57. The van der Waals surface area contributed by atoms with Gasteiger partial charge in [0.15, 0.2) is 0 Å². The minimum atomic E-state index is -1.16. The van der Waals surface area contributed by atoms with Gasteiger partial charge < -0.3 is 14.8 Å². The van der Waals surface area contributed by atoms with E-state index in [1.54, 1.807) is 6.07 Å². The van der Waals surface area contributed by atoms with Crippen molar-refractivity contribution in [2.75, 3.05) is 5.32 Å². The number of rotatable bonds is 6. The third-order valence-electron chi connectivity index (χ3n) is 4.07. The van der Waals surface area contributed by atoms with Crippen LogP contribution in [0.1, 0.15) is 16.1 Å². The highest BCUT2D eigenvalue weighted by atomic mass is 35.5. The number of nitriles is 1. The third-order valence-corrected chi connectivity index (χ3v) is 4.40. The van der Waals surface area contributed by atoms with E-state index in [0.29, 0.717) is 0 Å². The molecule has 2 N–H and O–H groups in total. The number of halogens is 1. The van der Waals surface area contributed by atoms with Crippen LogP contribution in [0, 0.1) is 21.4 Å². The lowest BCUT2D eigenvalue weighted by Crippen LogP contribution is -2.13. The lowest BCUT2D eigenvalue weighted by atomic mass is 10.1. The first-order valence-electron chi connectivity index (χ1n) is 8.59. The maximum absolute atomic E-state index is 12.4. The fraction of sp³-hybridized carbons (Fsp3) is 0. The predicted octanol–water partition coefficient (Wildman–Crippen LogP) is 4.75. The number of carbonyl (C=O) groups is 2. The molecule has 1 heterocycles. The van der Waals surface area contributed by atoms with E-state index in [9.17, 15) is 25.0 Å². The molecule has 9 nitrogen and oxygen atoms in total. The van der Waals surface area contributed by atoms with Crippen LogP contribution in [0.15, 0.2) is 64.6 Å². The second kappa shape index (κ2) is 8.94. The molecule has 0 fully saturated rings. The smallest absolute Gasteiger partial charge is 0.335 e. The number of amides is 1. The van der Waals surface area contributed by atoms with Gasteiger partial charge in [0.1, 0.15) is 23.2 Å². The number of nitrogens with one attached hydrogen (secondary N) is 1. The fourth-order valence-electron chi connectivity index (χ4n) is 2.61. The van der Waals surface area contributed by atoms with Crippen LogP contribution in [0.5, 0.6) is 0 Å². The number of hydrogen-bond donors (Lipinski definition) is 2. The lowest BCUT2D eigenvalue weighted by Gasteiger charge is -2.05. The molecule has 0 bridgehead atoms. The van der Waals surface area contributed by atoms with E-state index in [0.717, 1.165) is 0 Å². The highest BCUT2D eigenvalue weighted by Gasteiger charge is 2.16. The molecule has 3 aromatic rings. The largest absolute Gasteiger partial charge is 0.478 e. The number of carboxylic acid groups (broad SMARTS) is 1. The molecule has 31 heavy (non-hydrogen) atoms. The number of anilines is 1. The molecule has 0 saturated heterocycles. The molecule has 1 amide bonds. The van der Waals surface area contributed by atoms with Crippen molar-refractivity contribution in [1.29, 1.82) is 5.26 Å². The number of furan rings is 1. The summed E-state index contributed by atoms with van der Waals surface area (Å²) in [4.78, 5) is 33.8. The Hall–Kier alpha value is -4.42. The van der Waals surface area contributed by atoms with Crippen molar-refractivity contribution in [2.45, 2.75) is 0 Å². The molecule has 0 spiro atoms. The second-order valence-electron chi connectivity index (χ2n) is 6.13. The highest BCUT2D eigenvalue weighted by Crippen LogP contribution is 2.33. The van der Waals surface area contributed by atoms with E-state index < -0.39 is 16.8 Å². The van der Waals surface area contributed by atoms with Gasteiger partial charge in [0.2, 0.25) is 0 Å². The molecular formula is C21H12ClN3O6. The first-order valence-corrected chi connectivity index (χ1v) is 8.97. The van der Waals surface area contributed by atoms with E-state index in [2.05, 4.69) is 5.32 Å². The molecule has 0 atom stereocenters. The first kappa shape index (κ1) is 21.3. The minimum Gasteiger partial charge on any atom is -0.478 e. The van der Waals surface area contributed by atoms with E-state index >= 15 is 0 Å². The van der Waals surface area contributed by atoms with Gasteiger partial charge in [-0.05, 0) is 36.4 Å². The van der Waals surface area contributed by atoms with Crippen LogP contribution in [0.3, 0.4) is 0 Å². The number of nitro groups is 1. The Labute approximate surface area is 179 Å². The quantitative estimate of drug-likeness (QED) is 0.244. The maximum Gasteiger partial charge on any atom is 0.335 e. The third kappa shape index (κ3) is 4.95. The minimum absolute atomic E-state index is 0.0233. The summed E-state index contributed by atoms with van der Waals surface area (Å²) in [5, 5.41) is 32.0. The molecule has 2 aromatic carbocycles. The average molecular weight is 438 g/mol. The zero-order chi connectivity index (χ0) is 22.5. The van der Waals surface area contributed by atoms with Crippen molar-refractivity contribution in [3.63, 3.8) is 0 Å². The Morgan fingerprint density at radius 2 is 1.97 bits per heavy atom. The monoisotopic (exact) mass is 437 g/mol. The molecular weight excluding hydrogens is 426 g/mol. The maximum atomic E-state index is 12.4. The van der Waals surface area contributed by atoms with E-state index in [-0.39, 0.29) is 44.6 Å². The topological polar surface area (TPSA) is 146 Å². The average Bonchev–Trinajstić information content (AvgIpc) is 3.20. The van der Waals surface area contributed by atoms with Gasteiger partial charge in [-0.3, -0.25) is 14.9 Å². The summed E-state index contributed by atoms with van der Waals surface area (Å²) >= 11 is 6.10. The Balaban J connectivity index is 1.85. The SMILES string of the molecule is N#C/C(=C/c1ccc(-c2cc([N+](=O)[O-])ccc2Cl)o1)C(=O)Nc1cccc(C(=O)O)c1. The summed E-state index contributed by atoms with van der Waals surface area (Å²) in [6.45, 7) is 0. The van der Waals surface area contributed by atoms with E-state index in [1.165, 1.54) is 60.7 Å². The number of hydrogen-bond acceptors (Lipinski definition) is 6. The van der Waals surface area contributed by atoms with Crippen molar-refractivity contribution in [3.8, 4) is 17.4 Å². The molecule has 0 aliphatic rings. The Bertz CT molecular complexity index is 1270. The molecule has 154 valence electrons. The number of non-ortho nitro benzene ring substituents is 1. The first-order chi connectivity index (χ1) is 14.8. The lowest BCUT2D eigenvalue weighted by molar-refractivity contribution is -0.384. The van der Waals surface area contributed by atoms with Gasteiger partial charge >= 0.3 is 5.97 Å². The summed E-state index contributed by atoms with van der Waals surface area (Å²) in [7, 11) is 0. The van der Waals surface area contributed by atoms with Gasteiger partial charge in [0.25, 0.3) is 11.6 Å². The van der Waals surface area contributed by atoms with Crippen LogP contribution in [-0.2, 0) is 4.79 Å². The Morgan fingerprint density at radius 1 is 1.19 bits per heavy atom. The molecule has 0 radical (unpaired) electrons. The zero-order valence-corrected chi connectivity index (χ0v) is 16.3. The van der Waals surface area contributed by atoms with Crippen LogP contribution < -0.4 is 5.32 Å². The van der Waals surface area contributed by atoms with Crippen molar-refractivity contribution < 1.29 is 24.0 Å². The number of nitro benzene ring substituents is 1. The van der Waals surface area contributed by atoms with Crippen LogP contribution in [0.4, 0.5) is 11.4 Å². The van der Waals surface area contributed by atoms with Crippen molar-refractivity contribution in [1.82, 2.24) is 0 Å². The normalized spacial score (nSPS) is 10.9. The van der Waals surface area contributed by atoms with Crippen molar-refractivity contribution in [3.05, 3.63) is 86.6 Å². The van der Waals surface area contributed by atoms with E-state index in [4.69, 9.17) is 21.1 Å². The standard InChI is InChI=1S/C21H12ClN3O6/c22-18-6-4-15(25(29)30)10-17(18)19-7-5-16(31-19)9-13(11-23)20(26)24-14-3-1-2-12(8-14)21(27)28/h1-10H,(H,24,26)(H,27,28)/b13-9-. The van der Waals surface area contributed by atoms with Crippen LogP contribution >= 0.6 is 11.6 Å². The fourth-order valence-corrected chi connectivity index (χ4v) is 2.82. The number of benzene rings is 2. The molecule has 3 rings (SSSR count). The summed E-state index contributed by atoms with van der Waals surface area (Å²) in [6, 6.07) is 14.2. The van der Waals surface area contributed by atoms with Crippen LogP contribution in [0.25, 0.3) is 17.4 Å².